The highest BCUT2D eigenvalue weighted by Gasteiger charge is 2.25. The summed E-state index contributed by atoms with van der Waals surface area (Å²) in [7, 11) is 0. The molecule has 0 amide bonds. The summed E-state index contributed by atoms with van der Waals surface area (Å²) in [6.07, 6.45) is 32.7. The summed E-state index contributed by atoms with van der Waals surface area (Å²) in [6, 6.07) is 19.4. The van der Waals surface area contributed by atoms with Gasteiger partial charge in [-0.3, -0.25) is 0 Å². The highest BCUT2D eigenvalue weighted by Crippen LogP contribution is 2.41. The summed E-state index contributed by atoms with van der Waals surface area (Å²) < 4.78 is 0. The molecule has 2 aromatic rings. The van der Waals surface area contributed by atoms with Crippen LogP contribution in [0.4, 0.5) is 0 Å². The van der Waals surface area contributed by atoms with Gasteiger partial charge >= 0.3 is 0 Å². The van der Waals surface area contributed by atoms with Crippen LogP contribution in [0.2, 0.25) is 0 Å². The minimum Gasteiger partial charge on any atom is -0.120 e. The standard InChI is InChI=1S/C24H34.C23H32/c1-3-5-19-7-11-21(12-8-19)23-15-17-24(18-16-23)22-13-9-20(6-4-2)10-14-22;1-3-5-19-8-12-21(13-9-19)23-16-14-22(15-17-23)20-10-6-18(4-2)7-11-20/h15-22H,3,5,7-14H2,1-2H3;2,14-21H,3,5-13H2,1H3. The molecule has 254 valence electrons. The van der Waals surface area contributed by atoms with Crippen LogP contribution in [0, 0.1) is 47.9 Å². The minimum absolute atomic E-state index is 0.531. The Kier molecular flexibility index (Phi) is 14.4. The zero-order valence-electron chi connectivity index (χ0n) is 30.5. The molecule has 0 nitrogen and oxygen atoms in total. The average Bonchev–Trinajstić information content (AvgIpc) is 3.14. The maximum atomic E-state index is 5.57. The molecule has 0 saturated heterocycles. The second-order valence-corrected chi connectivity index (χ2v) is 16.0. The van der Waals surface area contributed by atoms with Crippen LogP contribution in [0.5, 0.6) is 0 Å². The zero-order chi connectivity index (χ0) is 32.8. The molecule has 0 aliphatic heterocycles. The molecule has 47 heavy (non-hydrogen) atoms. The van der Waals surface area contributed by atoms with Crippen molar-refractivity contribution in [1.29, 1.82) is 0 Å². The fourth-order valence-corrected chi connectivity index (χ4v) is 9.83. The van der Waals surface area contributed by atoms with Gasteiger partial charge < -0.3 is 0 Å². The number of hydrogen-bond donors (Lipinski definition) is 0. The van der Waals surface area contributed by atoms with E-state index in [-0.39, 0.29) is 0 Å². The lowest BCUT2D eigenvalue weighted by Gasteiger charge is -2.29. The van der Waals surface area contributed by atoms with Crippen molar-refractivity contribution in [2.24, 2.45) is 23.7 Å². The third kappa shape index (κ3) is 10.5. The molecule has 0 heteroatoms. The van der Waals surface area contributed by atoms with Crippen LogP contribution in [0.3, 0.4) is 0 Å². The molecule has 0 spiro atoms. The minimum atomic E-state index is 0.531. The van der Waals surface area contributed by atoms with E-state index in [4.69, 9.17) is 6.42 Å². The van der Waals surface area contributed by atoms with Gasteiger partial charge in [-0.15, -0.1) is 24.2 Å². The predicted octanol–water partition coefficient (Wildman–Crippen LogP) is 13.7. The molecule has 4 fully saturated rings. The Bertz CT molecular complexity index is 1250. The van der Waals surface area contributed by atoms with Gasteiger partial charge in [0.25, 0.3) is 0 Å². The van der Waals surface area contributed by atoms with Crippen molar-refractivity contribution < 1.29 is 0 Å². The fraction of sp³-hybridized carbons (Fsp3) is 0.660. The van der Waals surface area contributed by atoms with E-state index in [0.717, 1.165) is 35.5 Å². The van der Waals surface area contributed by atoms with Gasteiger partial charge in [-0.25, -0.2) is 0 Å². The monoisotopic (exact) mass is 631 g/mol. The van der Waals surface area contributed by atoms with Crippen molar-refractivity contribution in [2.75, 3.05) is 0 Å². The molecular weight excluding hydrogens is 565 g/mol. The van der Waals surface area contributed by atoms with Crippen molar-refractivity contribution in [1.82, 2.24) is 0 Å². The number of benzene rings is 2. The molecule has 2 aromatic carbocycles. The Balaban J connectivity index is 0.000000185. The first-order valence-corrected chi connectivity index (χ1v) is 20.2. The van der Waals surface area contributed by atoms with Gasteiger partial charge in [-0.1, -0.05) is 88.1 Å². The van der Waals surface area contributed by atoms with Crippen LogP contribution in [0.25, 0.3) is 0 Å². The Morgan fingerprint density at radius 2 is 0.766 bits per heavy atom. The van der Waals surface area contributed by atoms with Crippen LogP contribution >= 0.6 is 0 Å². The predicted molar refractivity (Wildman–Crippen MR) is 204 cm³/mol. The SMILES string of the molecule is C#CC1CCC(c2ccc(C3CCC(CCC)CC3)cc2)CC1.CC#CC1CCC(c2ccc(C3CCC(CCC)CC3)cc2)CC1. The molecule has 0 unspecified atom stereocenters. The van der Waals surface area contributed by atoms with Crippen LogP contribution in [-0.4, -0.2) is 0 Å². The average molecular weight is 631 g/mol. The van der Waals surface area contributed by atoms with E-state index in [1.165, 1.54) is 128 Å². The summed E-state index contributed by atoms with van der Waals surface area (Å²) in [5.74, 6) is 15.8. The number of terminal acetylenes is 1. The second kappa shape index (κ2) is 18.9. The summed E-state index contributed by atoms with van der Waals surface area (Å²) in [6.45, 7) is 6.62. The van der Waals surface area contributed by atoms with Crippen molar-refractivity contribution in [3.63, 3.8) is 0 Å². The molecule has 0 radical (unpaired) electrons. The van der Waals surface area contributed by atoms with Gasteiger partial charge in [0.15, 0.2) is 0 Å². The van der Waals surface area contributed by atoms with Gasteiger partial charge in [-0.2, -0.15) is 0 Å². The topological polar surface area (TPSA) is 0 Å². The van der Waals surface area contributed by atoms with Gasteiger partial charge in [0, 0.05) is 11.8 Å². The maximum Gasteiger partial charge on any atom is 0.0203 e. The van der Waals surface area contributed by atoms with Gasteiger partial charge in [0.05, 0.1) is 0 Å². The first-order chi connectivity index (χ1) is 23.1. The quantitative estimate of drug-likeness (QED) is 0.255. The largest absolute Gasteiger partial charge is 0.120 e. The van der Waals surface area contributed by atoms with Crippen molar-refractivity contribution in [3.8, 4) is 24.2 Å². The van der Waals surface area contributed by atoms with Crippen molar-refractivity contribution >= 4 is 0 Å². The molecule has 4 aliphatic carbocycles. The Hall–Kier alpha value is -2.44. The van der Waals surface area contributed by atoms with E-state index >= 15 is 0 Å². The van der Waals surface area contributed by atoms with Gasteiger partial charge in [0.2, 0.25) is 0 Å². The third-order valence-electron chi connectivity index (χ3n) is 12.9. The summed E-state index contributed by atoms with van der Waals surface area (Å²) in [5.41, 5.74) is 6.30. The third-order valence-corrected chi connectivity index (χ3v) is 12.9. The summed E-state index contributed by atoms with van der Waals surface area (Å²) in [4.78, 5) is 0. The lowest BCUT2D eigenvalue weighted by Crippen LogP contribution is -2.14. The first-order valence-electron chi connectivity index (χ1n) is 20.2. The lowest BCUT2D eigenvalue weighted by molar-refractivity contribution is 0.308. The molecule has 0 N–H and O–H groups in total. The van der Waals surface area contributed by atoms with E-state index in [0.29, 0.717) is 11.8 Å². The Morgan fingerprint density at radius 1 is 0.468 bits per heavy atom. The molecule has 0 heterocycles. The van der Waals surface area contributed by atoms with Crippen LogP contribution in [-0.2, 0) is 0 Å². The number of rotatable bonds is 8. The first kappa shape index (κ1) is 35.9. The summed E-state index contributed by atoms with van der Waals surface area (Å²) >= 11 is 0. The smallest absolute Gasteiger partial charge is 0.0203 e. The second-order valence-electron chi connectivity index (χ2n) is 16.0. The van der Waals surface area contributed by atoms with Gasteiger partial charge in [0.1, 0.15) is 0 Å². The fourth-order valence-electron chi connectivity index (χ4n) is 9.83. The van der Waals surface area contributed by atoms with E-state index < -0.39 is 0 Å². The molecular formula is C47H66. The highest BCUT2D eigenvalue weighted by atomic mass is 14.3. The van der Waals surface area contributed by atoms with Crippen molar-refractivity contribution in [2.45, 2.75) is 173 Å². The van der Waals surface area contributed by atoms with E-state index in [1.807, 2.05) is 6.92 Å². The maximum absolute atomic E-state index is 5.57. The summed E-state index contributed by atoms with van der Waals surface area (Å²) in [5, 5.41) is 0. The van der Waals surface area contributed by atoms with E-state index in [2.05, 4.69) is 80.1 Å². The molecule has 6 rings (SSSR count). The normalized spacial score (nSPS) is 30.9. The van der Waals surface area contributed by atoms with E-state index in [1.54, 1.807) is 22.3 Å². The molecule has 0 bridgehead atoms. The zero-order valence-corrected chi connectivity index (χ0v) is 30.5. The van der Waals surface area contributed by atoms with Crippen LogP contribution in [0.15, 0.2) is 48.5 Å². The lowest BCUT2D eigenvalue weighted by atomic mass is 9.76. The Morgan fingerprint density at radius 3 is 1.04 bits per heavy atom. The molecule has 0 atom stereocenters. The Labute approximate surface area is 290 Å². The highest BCUT2D eigenvalue weighted by molar-refractivity contribution is 5.30. The van der Waals surface area contributed by atoms with E-state index in [9.17, 15) is 0 Å². The number of hydrogen-bond acceptors (Lipinski definition) is 0. The van der Waals surface area contributed by atoms with Crippen molar-refractivity contribution in [3.05, 3.63) is 70.8 Å². The molecule has 4 saturated carbocycles. The van der Waals surface area contributed by atoms with Gasteiger partial charge in [-0.05, 0) is 167 Å². The molecule has 4 aliphatic rings. The van der Waals surface area contributed by atoms with Crippen LogP contribution < -0.4 is 0 Å². The molecule has 0 aromatic heterocycles. The van der Waals surface area contributed by atoms with Crippen LogP contribution in [0.1, 0.15) is 195 Å².